The second kappa shape index (κ2) is 2.12. The zero-order chi connectivity index (χ0) is 6.97. The topological polar surface area (TPSA) is 0 Å². The molecule has 10 heavy (non-hydrogen) atoms. The van der Waals surface area contributed by atoms with Gasteiger partial charge in [-0.05, 0) is 42.4 Å². The third-order valence-corrected chi connectivity index (χ3v) is 2.37. The molecule has 0 spiro atoms. The van der Waals surface area contributed by atoms with E-state index in [2.05, 4.69) is 18.7 Å². The maximum Gasteiger partial charge on any atom is -0.00973 e. The fourth-order valence-corrected chi connectivity index (χ4v) is 1.82. The Labute approximate surface area is 61.9 Å². The van der Waals surface area contributed by atoms with Crippen LogP contribution < -0.4 is 0 Å². The molecule has 0 aromatic carbocycles. The Hall–Kier alpha value is -0.780. The van der Waals surface area contributed by atoms with Gasteiger partial charge in [0.1, 0.15) is 0 Å². The summed E-state index contributed by atoms with van der Waals surface area (Å²) in [6, 6.07) is 0. The fraction of sp³-hybridized carbons (Fsp3) is 0.400. The van der Waals surface area contributed by atoms with Gasteiger partial charge in [-0.15, -0.1) is 0 Å². The lowest BCUT2D eigenvalue weighted by Gasteiger charge is -2.10. The molecule has 0 saturated carbocycles. The third kappa shape index (κ3) is 0.756. The molecule has 0 nitrogen and oxygen atoms in total. The second-order valence-electron chi connectivity index (χ2n) is 3.07. The van der Waals surface area contributed by atoms with Gasteiger partial charge in [-0.3, -0.25) is 0 Å². The lowest BCUT2D eigenvalue weighted by atomic mass is 9.96. The van der Waals surface area contributed by atoms with Gasteiger partial charge in [0.15, 0.2) is 0 Å². The van der Waals surface area contributed by atoms with Gasteiger partial charge in [-0.25, -0.2) is 0 Å². The summed E-state index contributed by atoms with van der Waals surface area (Å²) in [5.41, 5.74) is 4.47. The van der Waals surface area contributed by atoms with Gasteiger partial charge in [0.05, 0.1) is 0 Å². The van der Waals surface area contributed by atoms with E-state index >= 15 is 0 Å². The number of hydrogen-bond donors (Lipinski definition) is 0. The highest BCUT2D eigenvalue weighted by Gasteiger charge is 2.16. The molecule has 0 saturated heterocycles. The smallest absolute Gasteiger partial charge is 0.00973 e. The summed E-state index contributed by atoms with van der Waals surface area (Å²) in [5.74, 6) is 0. The van der Waals surface area contributed by atoms with E-state index in [1.165, 1.54) is 24.8 Å². The predicted octanol–water partition coefficient (Wildman–Crippen LogP) is 2.98. The molecule has 52 valence electrons. The molecular weight excluding hydrogens is 120 g/mol. The van der Waals surface area contributed by atoms with E-state index in [0.29, 0.717) is 0 Å². The molecule has 2 aliphatic rings. The minimum Gasteiger partial charge on any atom is -0.0952 e. The predicted molar refractivity (Wildman–Crippen MR) is 43.8 cm³/mol. The summed E-state index contributed by atoms with van der Waals surface area (Å²) in [6.45, 7) is 4.05. The van der Waals surface area contributed by atoms with Crippen LogP contribution in [0.25, 0.3) is 0 Å². The number of hydrogen-bond acceptors (Lipinski definition) is 0. The van der Waals surface area contributed by atoms with Crippen LogP contribution in [0.5, 0.6) is 0 Å². The van der Waals surface area contributed by atoms with Gasteiger partial charge in [0.2, 0.25) is 0 Å². The fourth-order valence-electron chi connectivity index (χ4n) is 1.82. The van der Waals surface area contributed by atoms with Gasteiger partial charge >= 0.3 is 0 Å². The first-order valence-electron chi connectivity index (χ1n) is 3.94. The Morgan fingerprint density at radius 3 is 3.00 bits per heavy atom. The third-order valence-electron chi connectivity index (χ3n) is 2.37. The van der Waals surface area contributed by atoms with Crippen molar-refractivity contribution in [3.05, 3.63) is 35.5 Å². The van der Waals surface area contributed by atoms with Gasteiger partial charge in [0.25, 0.3) is 0 Å². The van der Waals surface area contributed by atoms with Crippen LogP contribution in [0.4, 0.5) is 0 Å². The van der Waals surface area contributed by atoms with Crippen molar-refractivity contribution >= 4 is 0 Å². The van der Waals surface area contributed by atoms with Crippen LogP contribution in [0.1, 0.15) is 25.7 Å². The molecule has 0 atom stereocenters. The highest BCUT2D eigenvalue weighted by Crippen LogP contribution is 2.35. The molecule has 0 aromatic rings. The van der Waals surface area contributed by atoms with Gasteiger partial charge in [-0.2, -0.15) is 0 Å². The summed E-state index contributed by atoms with van der Waals surface area (Å²) < 4.78 is 0. The van der Waals surface area contributed by atoms with Crippen molar-refractivity contribution in [2.45, 2.75) is 25.7 Å². The Balaban J connectivity index is 2.39. The lowest BCUT2D eigenvalue weighted by molar-refractivity contribution is 0.902. The average Bonchev–Trinajstić information content (AvgIpc) is 2.36. The Bertz CT molecular complexity index is 228. The van der Waals surface area contributed by atoms with E-state index in [9.17, 15) is 0 Å². The molecule has 0 amide bonds. The number of rotatable bonds is 0. The minimum atomic E-state index is 1.08. The summed E-state index contributed by atoms with van der Waals surface area (Å²) >= 11 is 0. The maximum absolute atomic E-state index is 4.05. The van der Waals surface area contributed by atoms with Gasteiger partial charge < -0.3 is 0 Å². The molecule has 0 heterocycles. The van der Waals surface area contributed by atoms with Crippen LogP contribution in [-0.4, -0.2) is 0 Å². The van der Waals surface area contributed by atoms with E-state index in [4.69, 9.17) is 0 Å². The van der Waals surface area contributed by atoms with Crippen LogP contribution in [0.15, 0.2) is 35.5 Å². The second-order valence-corrected chi connectivity index (χ2v) is 3.07. The maximum atomic E-state index is 4.05. The zero-order valence-corrected chi connectivity index (χ0v) is 6.19. The van der Waals surface area contributed by atoms with Crippen molar-refractivity contribution in [2.24, 2.45) is 0 Å². The van der Waals surface area contributed by atoms with Crippen molar-refractivity contribution in [3.63, 3.8) is 0 Å². The van der Waals surface area contributed by atoms with Crippen LogP contribution in [0.3, 0.4) is 0 Å². The Morgan fingerprint density at radius 2 is 2.20 bits per heavy atom. The molecule has 0 unspecified atom stereocenters. The summed E-state index contributed by atoms with van der Waals surface area (Å²) in [5, 5.41) is 0. The Morgan fingerprint density at radius 1 is 1.30 bits per heavy atom. The van der Waals surface area contributed by atoms with Crippen molar-refractivity contribution in [1.29, 1.82) is 0 Å². The van der Waals surface area contributed by atoms with Crippen LogP contribution >= 0.6 is 0 Å². The number of allylic oxidation sites excluding steroid dienone is 5. The molecule has 0 aromatic heterocycles. The largest absolute Gasteiger partial charge is 0.0952 e. The Kier molecular flexibility index (Phi) is 1.26. The molecular formula is C10H12. The van der Waals surface area contributed by atoms with E-state index in [1.54, 1.807) is 11.1 Å². The van der Waals surface area contributed by atoms with E-state index in [-0.39, 0.29) is 0 Å². The van der Waals surface area contributed by atoms with Crippen molar-refractivity contribution in [2.75, 3.05) is 0 Å². The first-order valence-corrected chi connectivity index (χ1v) is 3.94. The van der Waals surface area contributed by atoms with Crippen molar-refractivity contribution in [3.8, 4) is 0 Å². The molecule has 0 bridgehead atoms. The first kappa shape index (κ1) is 5.96. The monoisotopic (exact) mass is 132 g/mol. The molecule has 0 aliphatic heterocycles. The van der Waals surface area contributed by atoms with Crippen molar-refractivity contribution in [1.82, 2.24) is 0 Å². The molecule has 0 N–H and O–H groups in total. The quantitative estimate of drug-likeness (QED) is 0.475. The lowest BCUT2D eigenvalue weighted by Crippen LogP contribution is -1.90. The minimum absolute atomic E-state index is 1.08. The molecule has 2 aliphatic carbocycles. The molecule has 0 heteroatoms. The summed E-state index contributed by atoms with van der Waals surface area (Å²) in [7, 11) is 0. The first-order chi connectivity index (χ1) is 4.88. The highest BCUT2D eigenvalue weighted by molar-refractivity contribution is 5.45. The van der Waals surface area contributed by atoms with Crippen LogP contribution in [0, 0.1) is 0 Å². The van der Waals surface area contributed by atoms with Crippen molar-refractivity contribution < 1.29 is 0 Å². The van der Waals surface area contributed by atoms with E-state index in [0.717, 1.165) is 6.42 Å². The standard InChI is InChI=1S/C10H12/c1-8-4-2-5-9-6-3-7-10(8)9/h2,5H,1,3-4,6-7H2. The van der Waals surface area contributed by atoms with Crippen LogP contribution in [0.2, 0.25) is 0 Å². The average molecular weight is 132 g/mol. The SMILES string of the molecule is C=C1CC=CC2=C1CCC2. The van der Waals surface area contributed by atoms with E-state index < -0.39 is 0 Å². The van der Waals surface area contributed by atoms with Gasteiger partial charge in [-0.1, -0.05) is 18.7 Å². The van der Waals surface area contributed by atoms with Crippen LogP contribution in [-0.2, 0) is 0 Å². The molecule has 0 fully saturated rings. The molecule has 0 radical (unpaired) electrons. The van der Waals surface area contributed by atoms with Gasteiger partial charge in [0, 0.05) is 0 Å². The zero-order valence-electron chi connectivity index (χ0n) is 6.19. The summed E-state index contributed by atoms with van der Waals surface area (Å²) in [4.78, 5) is 0. The van der Waals surface area contributed by atoms with E-state index in [1.807, 2.05) is 0 Å². The summed E-state index contributed by atoms with van der Waals surface area (Å²) in [6.07, 6.45) is 9.49. The molecule has 2 rings (SSSR count). The normalized spacial score (nSPS) is 23.8. The highest BCUT2D eigenvalue weighted by atomic mass is 14.2.